The predicted octanol–water partition coefficient (Wildman–Crippen LogP) is 0.171. The van der Waals surface area contributed by atoms with Gasteiger partial charge in [0.2, 0.25) is 11.7 Å². The molecule has 7 heteroatoms. The van der Waals surface area contributed by atoms with Gasteiger partial charge in [-0.1, -0.05) is 10.4 Å². The Balaban J connectivity index is 1.87. The summed E-state index contributed by atoms with van der Waals surface area (Å²) < 4.78 is 6.77. The second-order valence-corrected chi connectivity index (χ2v) is 3.87. The van der Waals surface area contributed by atoms with Gasteiger partial charge in [-0.15, -0.1) is 5.10 Å². The standard InChI is InChI=1S/C9H12N6O/c1-6-11-9(13-16-6)8-5-15(14-12-8)7-2-3-10-4-7/h5,7,10H,2-4H2,1H3/t7-/m0/s1. The number of aryl methyl sites for hydroxylation is 1. The van der Waals surface area contributed by atoms with E-state index in [1.54, 1.807) is 6.92 Å². The van der Waals surface area contributed by atoms with Crippen LogP contribution >= 0.6 is 0 Å². The van der Waals surface area contributed by atoms with Gasteiger partial charge >= 0.3 is 0 Å². The molecule has 2 aromatic rings. The van der Waals surface area contributed by atoms with Gasteiger partial charge in [0.05, 0.1) is 12.2 Å². The van der Waals surface area contributed by atoms with Crippen LogP contribution in [0.5, 0.6) is 0 Å². The summed E-state index contributed by atoms with van der Waals surface area (Å²) in [4.78, 5) is 4.11. The van der Waals surface area contributed by atoms with Crippen LogP contribution in [0.2, 0.25) is 0 Å². The molecule has 0 bridgehead atoms. The van der Waals surface area contributed by atoms with E-state index in [2.05, 4.69) is 25.8 Å². The van der Waals surface area contributed by atoms with E-state index >= 15 is 0 Å². The number of rotatable bonds is 2. The highest BCUT2D eigenvalue weighted by Crippen LogP contribution is 2.17. The van der Waals surface area contributed by atoms with Gasteiger partial charge in [0, 0.05) is 13.5 Å². The van der Waals surface area contributed by atoms with Crippen molar-refractivity contribution in [1.29, 1.82) is 0 Å². The van der Waals surface area contributed by atoms with Crippen LogP contribution in [0.15, 0.2) is 10.7 Å². The monoisotopic (exact) mass is 220 g/mol. The van der Waals surface area contributed by atoms with E-state index in [1.807, 2.05) is 10.9 Å². The normalized spacial score (nSPS) is 20.4. The highest BCUT2D eigenvalue weighted by atomic mass is 16.5. The summed E-state index contributed by atoms with van der Waals surface area (Å²) in [6, 6.07) is 0.384. The molecule has 1 saturated heterocycles. The smallest absolute Gasteiger partial charge is 0.224 e. The Hall–Kier alpha value is -1.76. The van der Waals surface area contributed by atoms with Crippen molar-refractivity contribution in [3.05, 3.63) is 12.1 Å². The van der Waals surface area contributed by atoms with E-state index in [0.29, 0.717) is 23.5 Å². The molecule has 0 radical (unpaired) electrons. The highest BCUT2D eigenvalue weighted by Gasteiger charge is 2.19. The zero-order valence-electron chi connectivity index (χ0n) is 8.92. The van der Waals surface area contributed by atoms with Crippen molar-refractivity contribution < 1.29 is 4.52 Å². The van der Waals surface area contributed by atoms with Crippen LogP contribution in [0.4, 0.5) is 0 Å². The molecular formula is C9H12N6O. The lowest BCUT2D eigenvalue weighted by atomic mass is 10.3. The molecule has 0 saturated carbocycles. The first kappa shape index (κ1) is 9.46. The molecule has 1 aliphatic heterocycles. The van der Waals surface area contributed by atoms with Gasteiger partial charge in [0.15, 0.2) is 5.69 Å². The fraction of sp³-hybridized carbons (Fsp3) is 0.556. The molecule has 0 spiro atoms. The van der Waals surface area contributed by atoms with Gasteiger partial charge < -0.3 is 9.84 Å². The molecule has 1 fully saturated rings. The van der Waals surface area contributed by atoms with Gasteiger partial charge in [-0.2, -0.15) is 4.98 Å². The molecule has 2 aromatic heterocycles. The maximum atomic E-state index is 4.90. The van der Waals surface area contributed by atoms with Gasteiger partial charge in [0.25, 0.3) is 0 Å². The van der Waals surface area contributed by atoms with E-state index in [-0.39, 0.29) is 0 Å². The largest absolute Gasteiger partial charge is 0.339 e. The molecule has 1 N–H and O–H groups in total. The fourth-order valence-electron chi connectivity index (χ4n) is 1.83. The van der Waals surface area contributed by atoms with Crippen molar-refractivity contribution in [2.24, 2.45) is 0 Å². The minimum atomic E-state index is 0.384. The van der Waals surface area contributed by atoms with Crippen LogP contribution in [0.1, 0.15) is 18.4 Å². The molecule has 0 unspecified atom stereocenters. The van der Waals surface area contributed by atoms with Crippen LogP contribution < -0.4 is 5.32 Å². The second-order valence-electron chi connectivity index (χ2n) is 3.87. The Bertz CT molecular complexity index is 484. The molecule has 84 valence electrons. The highest BCUT2D eigenvalue weighted by molar-refractivity contribution is 5.45. The van der Waals surface area contributed by atoms with E-state index in [4.69, 9.17) is 4.52 Å². The molecule has 0 aromatic carbocycles. The third-order valence-corrected chi connectivity index (χ3v) is 2.68. The van der Waals surface area contributed by atoms with Gasteiger partial charge in [0.1, 0.15) is 0 Å². The maximum Gasteiger partial charge on any atom is 0.224 e. The summed E-state index contributed by atoms with van der Waals surface area (Å²) >= 11 is 0. The van der Waals surface area contributed by atoms with Crippen LogP contribution in [0, 0.1) is 6.92 Å². The lowest BCUT2D eigenvalue weighted by Gasteiger charge is -2.05. The summed E-state index contributed by atoms with van der Waals surface area (Å²) in [6.07, 6.45) is 2.94. The summed E-state index contributed by atoms with van der Waals surface area (Å²) in [5.41, 5.74) is 0.656. The molecule has 1 atom stereocenters. The lowest BCUT2D eigenvalue weighted by molar-refractivity contribution is 0.394. The Morgan fingerprint density at radius 1 is 1.56 bits per heavy atom. The van der Waals surface area contributed by atoms with Gasteiger partial charge in [-0.05, 0) is 13.0 Å². The Kier molecular flexibility index (Phi) is 2.17. The summed E-state index contributed by atoms with van der Waals surface area (Å²) in [5, 5.41) is 15.2. The van der Waals surface area contributed by atoms with Crippen molar-refractivity contribution >= 4 is 0 Å². The topological polar surface area (TPSA) is 81.7 Å². The van der Waals surface area contributed by atoms with E-state index in [0.717, 1.165) is 19.5 Å². The minimum Gasteiger partial charge on any atom is -0.339 e. The van der Waals surface area contributed by atoms with Crippen molar-refractivity contribution in [3.8, 4) is 11.5 Å². The van der Waals surface area contributed by atoms with Crippen molar-refractivity contribution in [1.82, 2.24) is 30.5 Å². The predicted molar refractivity (Wildman–Crippen MR) is 54.6 cm³/mol. The third kappa shape index (κ3) is 1.58. The van der Waals surface area contributed by atoms with Crippen molar-refractivity contribution in [2.75, 3.05) is 13.1 Å². The first-order valence-corrected chi connectivity index (χ1v) is 5.26. The number of hydrogen-bond donors (Lipinski definition) is 1. The average Bonchev–Trinajstić information content (AvgIpc) is 2.97. The van der Waals surface area contributed by atoms with Gasteiger partial charge in [-0.25, -0.2) is 4.68 Å². The summed E-state index contributed by atoms with van der Waals surface area (Å²) in [6.45, 7) is 3.72. The minimum absolute atomic E-state index is 0.384. The number of nitrogens with one attached hydrogen (secondary N) is 1. The average molecular weight is 220 g/mol. The van der Waals surface area contributed by atoms with E-state index < -0.39 is 0 Å². The quantitative estimate of drug-likeness (QED) is 0.777. The summed E-state index contributed by atoms with van der Waals surface area (Å²) in [5.74, 6) is 1.03. The third-order valence-electron chi connectivity index (χ3n) is 2.68. The summed E-state index contributed by atoms with van der Waals surface area (Å²) in [7, 11) is 0. The molecule has 7 nitrogen and oxygen atoms in total. The lowest BCUT2D eigenvalue weighted by Crippen LogP contribution is -2.13. The number of hydrogen-bond acceptors (Lipinski definition) is 6. The Labute approximate surface area is 91.8 Å². The second kappa shape index (κ2) is 3.67. The fourth-order valence-corrected chi connectivity index (χ4v) is 1.83. The molecule has 3 rings (SSSR count). The Morgan fingerprint density at radius 3 is 3.19 bits per heavy atom. The SMILES string of the molecule is Cc1nc(-c2cn([C@H]3CCNC3)nn2)no1. The Morgan fingerprint density at radius 2 is 2.50 bits per heavy atom. The first-order valence-electron chi connectivity index (χ1n) is 5.26. The van der Waals surface area contributed by atoms with Gasteiger partial charge in [-0.3, -0.25) is 0 Å². The van der Waals surface area contributed by atoms with E-state index in [1.165, 1.54) is 0 Å². The zero-order chi connectivity index (χ0) is 11.0. The van der Waals surface area contributed by atoms with Crippen LogP contribution in [0.3, 0.4) is 0 Å². The van der Waals surface area contributed by atoms with Crippen LogP contribution in [-0.2, 0) is 0 Å². The maximum absolute atomic E-state index is 4.90. The molecule has 1 aliphatic rings. The molecule has 0 amide bonds. The van der Waals surface area contributed by atoms with Crippen molar-refractivity contribution in [3.63, 3.8) is 0 Å². The molecule has 3 heterocycles. The van der Waals surface area contributed by atoms with E-state index in [9.17, 15) is 0 Å². The van der Waals surface area contributed by atoms with Crippen LogP contribution in [-0.4, -0.2) is 38.2 Å². The molecular weight excluding hydrogens is 208 g/mol. The number of aromatic nitrogens is 5. The zero-order valence-corrected chi connectivity index (χ0v) is 8.92. The van der Waals surface area contributed by atoms with Crippen LogP contribution in [0.25, 0.3) is 11.5 Å². The molecule has 0 aliphatic carbocycles. The first-order chi connectivity index (χ1) is 7.83. The molecule has 16 heavy (non-hydrogen) atoms. The number of nitrogens with zero attached hydrogens (tertiary/aromatic N) is 5. The van der Waals surface area contributed by atoms with Crippen molar-refractivity contribution in [2.45, 2.75) is 19.4 Å².